The Bertz CT molecular complexity index is 330. The lowest BCUT2D eigenvalue weighted by Gasteiger charge is -2.18. The summed E-state index contributed by atoms with van der Waals surface area (Å²) in [6, 6.07) is 3.40. The predicted octanol–water partition coefficient (Wildman–Crippen LogP) is 3.00. The number of hydrogen-bond donors (Lipinski definition) is 0. The van der Waals surface area contributed by atoms with E-state index in [1.165, 1.54) is 12.1 Å². The maximum atomic E-state index is 13.3. The molecule has 5 heteroatoms. The molecule has 0 aliphatic rings. The van der Waals surface area contributed by atoms with E-state index in [2.05, 4.69) is 0 Å². The molecular formula is C9H10BF4-. The van der Waals surface area contributed by atoms with Gasteiger partial charge in [-0.05, 0) is 11.5 Å². The minimum Gasteiger partial charge on any atom is -0.445 e. The Labute approximate surface area is 80.0 Å². The highest BCUT2D eigenvalue weighted by Crippen LogP contribution is 2.20. The van der Waals surface area contributed by atoms with Crippen LogP contribution in [0.4, 0.5) is 17.3 Å². The quantitative estimate of drug-likeness (QED) is 0.514. The van der Waals surface area contributed by atoms with Crippen molar-refractivity contribution in [3.05, 3.63) is 29.6 Å². The van der Waals surface area contributed by atoms with Gasteiger partial charge < -0.3 is 12.9 Å². The molecule has 0 nitrogen and oxygen atoms in total. The van der Waals surface area contributed by atoms with E-state index < -0.39 is 18.3 Å². The summed E-state index contributed by atoms with van der Waals surface area (Å²) >= 11 is 0. The van der Waals surface area contributed by atoms with Crippen molar-refractivity contribution in [2.75, 3.05) is 0 Å². The lowest BCUT2D eigenvalue weighted by atomic mass is 9.78. The van der Waals surface area contributed by atoms with Crippen LogP contribution in [-0.2, 0) is 0 Å². The van der Waals surface area contributed by atoms with E-state index in [9.17, 15) is 17.3 Å². The first-order valence-electron chi connectivity index (χ1n) is 4.32. The standard InChI is InChI=1S/C9H10BF4/c1-6(2)7-4-3-5-8(9(7)11)10(12,13)14/h3-6H,1-2H3/q-1. The van der Waals surface area contributed by atoms with Crippen molar-refractivity contribution in [2.45, 2.75) is 19.8 Å². The topological polar surface area (TPSA) is 0 Å². The Morgan fingerprint density at radius 2 is 1.71 bits per heavy atom. The van der Waals surface area contributed by atoms with Crippen LogP contribution in [0.2, 0.25) is 0 Å². The van der Waals surface area contributed by atoms with Crippen molar-refractivity contribution in [2.24, 2.45) is 0 Å². The average molecular weight is 205 g/mol. The predicted molar refractivity (Wildman–Crippen MR) is 49.2 cm³/mol. The highest BCUT2D eigenvalue weighted by Gasteiger charge is 2.29. The van der Waals surface area contributed by atoms with Crippen LogP contribution in [0.25, 0.3) is 0 Å². The highest BCUT2D eigenvalue weighted by molar-refractivity contribution is 6.73. The van der Waals surface area contributed by atoms with E-state index in [0.717, 1.165) is 6.07 Å². The monoisotopic (exact) mass is 205 g/mol. The second-order valence-corrected chi connectivity index (χ2v) is 3.48. The Kier molecular flexibility index (Phi) is 2.88. The van der Waals surface area contributed by atoms with Crippen molar-refractivity contribution in [1.29, 1.82) is 0 Å². The van der Waals surface area contributed by atoms with Gasteiger partial charge in [-0.3, -0.25) is 0 Å². The van der Waals surface area contributed by atoms with Crippen molar-refractivity contribution in [3.63, 3.8) is 0 Å². The third-order valence-corrected chi connectivity index (χ3v) is 2.03. The van der Waals surface area contributed by atoms with E-state index in [-0.39, 0.29) is 11.5 Å². The first-order valence-corrected chi connectivity index (χ1v) is 4.32. The molecule has 0 bridgehead atoms. The van der Waals surface area contributed by atoms with Gasteiger partial charge in [-0.15, -0.1) is 0 Å². The lowest BCUT2D eigenvalue weighted by molar-refractivity contribution is 0.492. The molecular weight excluding hydrogens is 195 g/mol. The van der Waals surface area contributed by atoms with Gasteiger partial charge in [0, 0.05) is 0 Å². The first-order chi connectivity index (χ1) is 6.34. The molecule has 1 aromatic rings. The number of halogens is 4. The van der Waals surface area contributed by atoms with Gasteiger partial charge in [0.05, 0.1) is 5.82 Å². The molecule has 14 heavy (non-hydrogen) atoms. The molecule has 1 aromatic carbocycles. The third kappa shape index (κ3) is 2.08. The molecule has 0 aromatic heterocycles. The summed E-state index contributed by atoms with van der Waals surface area (Å²) in [5.74, 6) is -1.37. The Morgan fingerprint density at radius 1 is 1.14 bits per heavy atom. The van der Waals surface area contributed by atoms with Crippen LogP contribution in [0.3, 0.4) is 0 Å². The fourth-order valence-corrected chi connectivity index (χ4v) is 1.27. The van der Waals surface area contributed by atoms with Gasteiger partial charge in [0.15, 0.2) is 0 Å². The molecule has 0 N–H and O–H groups in total. The largest absolute Gasteiger partial charge is 0.512 e. The molecule has 0 saturated carbocycles. The van der Waals surface area contributed by atoms with Crippen LogP contribution < -0.4 is 5.46 Å². The number of rotatable bonds is 2. The van der Waals surface area contributed by atoms with Crippen LogP contribution >= 0.6 is 0 Å². The van der Waals surface area contributed by atoms with Crippen molar-refractivity contribution in [3.8, 4) is 0 Å². The lowest BCUT2D eigenvalue weighted by Crippen LogP contribution is -2.37. The van der Waals surface area contributed by atoms with E-state index in [0.29, 0.717) is 0 Å². The van der Waals surface area contributed by atoms with Gasteiger partial charge in [0.25, 0.3) is 0 Å². The SMILES string of the molecule is CC(C)c1cccc([B-](F)(F)F)c1F. The van der Waals surface area contributed by atoms with Gasteiger partial charge in [-0.1, -0.05) is 37.5 Å². The van der Waals surface area contributed by atoms with Gasteiger partial charge >= 0.3 is 6.98 Å². The molecule has 78 valence electrons. The van der Waals surface area contributed by atoms with Gasteiger partial charge in [-0.25, -0.2) is 4.39 Å². The fourth-order valence-electron chi connectivity index (χ4n) is 1.27. The van der Waals surface area contributed by atoms with Gasteiger partial charge in [0.2, 0.25) is 0 Å². The summed E-state index contributed by atoms with van der Waals surface area (Å²) in [6.45, 7) is -1.94. The van der Waals surface area contributed by atoms with Gasteiger partial charge in [0.1, 0.15) is 0 Å². The summed E-state index contributed by atoms with van der Waals surface area (Å²) < 4.78 is 50.3. The Hall–Kier alpha value is -0.995. The second kappa shape index (κ2) is 3.63. The van der Waals surface area contributed by atoms with E-state index in [4.69, 9.17) is 0 Å². The zero-order valence-corrected chi connectivity index (χ0v) is 7.90. The zero-order chi connectivity index (χ0) is 10.9. The number of benzene rings is 1. The fraction of sp³-hybridized carbons (Fsp3) is 0.333. The summed E-state index contributed by atoms with van der Waals surface area (Å²) in [6.07, 6.45) is 0. The Morgan fingerprint density at radius 3 is 2.14 bits per heavy atom. The molecule has 0 unspecified atom stereocenters. The molecule has 0 aliphatic heterocycles. The summed E-state index contributed by atoms with van der Waals surface area (Å²) in [4.78, 5) is 0. The van der Waals surface area contributed by atoms with Crippen LogP contribution in [0, 0.1) is 5.82 Å². The summed E-state index contributed by atoms with van der Waals surface area (Å²) in [7, 11) is 0. The second-order valence-electron chi connectivity index (χ2n) is 3.48. The highest BCUT2D eigenvalue weighted by atomic mass is 19.4. The van der Waals surface area contributed by atoms with Crippen LogP contribution in [-0.4, -0.2) is 6.98 Å². The zero-order valence-electron chi connectivity index (χ0n) is 7.90. The summed E-state index contributed by atoms with van der Waals surface area (Å²) in [5.41, 5.74) is -1.02. The van der Waals surface area contributed by atoms with Crippen LogP contribution in [0.1, 0.15) is 25.3 Å². The van der Waals surface area contributed by atoms with E-state index in [1.54, 1.807) is 13.8 Å². The van der Waals surface area contributed by atoms with Crippen LogP contribution in [0.5, 0.6) is 0 Å². The molecule has 0 spiro atoms. The van der Waals surface area contributed by atoms with Crippen LogP contribution in [0.15, 0.2) is 18.2 Å². The minimum atomic E-state index is -5.25. The smallest absolute Gasteiger partial charge is 0.445 e. The third-order valence-electron chi connectivity index (χ3n) is 2.03. The molecule has 0 atom stereocenters. The molecule has 0 aliphatic carbocycles. The van der Waals surface area contributed by atoms with Gasteiger partial charge in [-0.2, -0.15) is 0 Å². The maximum Gasteiger partial charge on any atom is 0.512 e. The summed E-state index contributed by atoms with van der Waals surface area (Å²) in [5, 5.41) is 0. The molecule has 0 radical (unpaired) electrons. The van der Waals surface area contributed by atoms with E-state index >= 15 is 0 Å². The molecule has 0 heterocycles. The normalized spacial score (nSPS) is 12.2. The Balaban J connectivity index is 3.28. The molecule has 1 rings (SSSR count). The number of hydrogen-bond acceptors (Lipinski definition) is 0. The van der Waals surface area contributed by atoms with Crippen molar-refractivity contribution >= 4 is 12.4 Å². The molecule has 0 saturated heterocycles. The molecule has 0 amide bonds. The minimum absolute atomic E-state index is 0.113. The first kappa shape index (κ1) is 11.1. The average Bonchev–Trinajstić information content (AvgIpc) is 2.01. The maximum absolute atomic E-state index is 13.3. The van der Waals surface area contributed by atoms with E-state index in [1.807, 2.05) is 0 Å². The molecule has 0 fully saturated rings. The van der Waals surface area contributed by atoms with Crippen molar-refractivity contribution < 1.29 is 17.3 Å². The van der Waals surface area contributed by atoms with Crippen molar-refractivity contribution in [1.82, 2.24) is 0 Å².